The monoisotopic (exact) mass is 435 g/mol. The summed E-state index contributed by atoms with van der Waals surface area (Å²) in [6, 6.07) is 13.1. The standard InChI is InChI=1S/C20H22ClN3O2S2/c1-14-6-7-16(21)12-19(14)28(25,26)22-13-15-8-10-24(11-9-15)20-23-17-4-2-3-5-18(17)27-20/h2-7,12,15,22H,8-11,13H2,1H3. The molecule has 2 aromatic carbocycles. The summed E-state index contributed by atoms with van der Waals surface area (Å²) in [6.45, 7) is 4.01. The first-order valence-corrected chi connectivity index (χ1v) is 12.0. The predicted molar refractivity (Wildman–Crippen MR) is 116 cm³/mol. The van der Waals surface area contributed by atoms with E-state index >= 15 is 0 Å². The second-order valence-corrected chi connectivity index (χ2v) is 10.3. The van der Waals surface area contributed by atoms with Gasteiger partial charge in [-0.05, 0) is 55.5 Å². The fourth-order valence-electron chi connectivity index (χ4n) is 3.49. The quantitative estimate of drug-likeness (QED) is 0.643. The van der Waals surface area contributed by atoms with Crippen LogP contribution in [-0.4, -0.2) is 33.0 Å². The molecule has 4 rings (SSSR count). The lowest BCUT2D eigenvalue weighted by Gasteiger charge is -2.31. The summed E-state index contributed by atoms with van der Waals surface area (Å²) in [5.41, 5.74) is 1.73. The van der Waals surface area contributed by atoms with Crippen molar-refractivity contribution in [2.75, 3.05) is 24.5 Å². The van der Waals surface area contributed by atoms with Gasteiger partial charge in [0.2, 0.25) is 10.0 Å². The van der Waals surface area contributed by atoms with E-state index in [1.807, 2.05) is 18.2 Å². The van der Waals surface area contributed by atoms with Gasteiger partial charge in [0.1, 0.15) is 0 Å². The summed E-state index contributed by atoms with van der Waals surface area (Å²) >= 11 is 7.69. The minimum Gasteiger partial charge on any atom is -0.348 e. The summed E-state index contributed by atoms with van der Waals surface area (Å²) in [4.78, 5) is 7.28. The van der Waals surface area contributed by atoms with E-state index in [-0.39, 0.29) is 4.90 Å². The van der Waals surface area contributed by atoms with Crippen LogP contribution in [0.3, 0.4) is 0 Å². The summed E-state index contributed by atoms with van der Waals surface area (Å²) in [5, 5.41) is 1.48. The molecule has 0 amide bonds. The number of fused-ring (bicyclic) bond motifs is 1. The van der Waals surface area contributed by atoms with Gasteiger partial charge in [0.25, 0.3) is 0 Å². The number of hydrogen-bond donors (Lipinski definition) is 1. The highest BCUT2D eigenvalue weighted by atomic mass is 35.5. The SMILES string of the molecule is Cc1ccc(Cl)cc1S(=O)(=O)NCC1CCN(c2nc3ccccc3s2)CC1. The van der Waals surface area contributed by atoms with Crippen LogP contribution in [0.5, 0.6) is 0 Å². The second kappa shape index (κ2) is 7.99. The molecule has 8 heteroatoms. The Bertz CT molecular complexity index is 1060. The molecule has 28 heavy (non-hydrogen) atoms. The van der Waals surface area contributed by atoms with E-state index in [1.54, 1.807) is 30.4 Å². The van der Waals surface area contributed by atoms with Crippen molar-refractivity contribution < 1.29 is 8.42 Å². The number of benzene rings is 2. The molecule has 0 radical (unpaired) electrons. The van der Waals surface area contributed by atoms with Gasteiger partial charge in [-0.1, -0.05) is 41.1 Å². The summed E-state index contributed by atoms with van der Waals surface area (Å²) in [5.74, 6) is 0.319. The third-order valence-electron chi connectivity index (χ3n) is 5.17. The molecule has 1 aliphatic rings. The maximum Gasteiger partial charge on any atom is 0.240 e. The van der Waals surface area contributed by atoms with Crippen molar-refractivity contribution in [3.05, 3.63) is 53.1 Å². The average molecular weight is 436 g/mol. The Labute approximate surface area is 174 Å². The van der Waals surface area contributed by atoms with E-state index < -0.39 is 10.0 Å². The number of nitrogens with one attached hydrogen (secondary N) is 1. The largest absolute Gasteiger partial charge is 0.348 e. The van der Waals surface area contributed by atoms with Gasteiger partial charge in [0.05, 0.1) is 15.1 Å². The third kappa shape index (κ3) is 4.17. The molecule has 5 nitrogen and oxygen atoms in total. The number of hydrogen-bond acceptors (Lipinski definition) is 5. The van der Waals surface area contributed by atoms with Gasteiger partial charge in [-0.25, -0.2) is 18.1 Å². The van der Waals surface area contributed by atoms with Crippen molar-refractivity contribution >= 4 is 48.3 Å². The summed E-state index contributed by atoms with van der Waals surface area (Å²) in [6.07, 6.45) is 1.87. The van der Waals surface area contributed by atoms with Gasteiger partial charge in [-0.2, -0.15) is 0 Å². The van der Waals surface area contributed by atoms with Crippen LogP contribution >= 0.6 is 22.9 Å². The maximum absolute atomic E-state index is 12.6. The van der Waals surface area contributed by atoms with Crippen LogP contribution < -0.4 is 9.62 Å². The molecule has 1 aromatic heterocycles. The number of aryl methyl sites for hydroxylation is 1. The van der Waals surface area contributed by atoms with E-state index in [4.69, 9.17) is 16.6 Å². The fourth-order valence-corrected chi connectivity index (χ4v) is 6.13. The van der Waals surface area contributed by atoms with Gasteiger partial charge < -0.3 is 4.90 Å². The Morgan fingerprint density at radius 2 is 1.96 bits per heavy atom. The molecule has 1 saturated heterocycles. The fraction of sp³-hybridized carbons (Fsp3) is 0.350. The lowest BCUT2D eigenvalue weighted by molar-refractivity contribution is 0.402. The van der Waals surface area contributed by atoms with Gasteiger partial charge in [-0.3, -0.25) is 0 Å². The Balaban J connectivity index is 1.36. The van der Waals surface area contributed by atoms with Crippen molar-refractivity contribution in [2.24, 2.45) is 5.92 Å². The molecule has 0 saturated carbocycles. The third-order valence-corrected chi connectivity index (χ3v) is 8.07. The van der Waals surface area contributed by atoms with E-state index in [1.165, 1.54) is 10.8 Å². The maximum atomic E-state index is 12.6. The number of rotatable bonds is 5. The van der Waals surface area contributed by atoms with Crippen molar-refractivity contribution in [1.29, 1.82) is 0 Å². The van der Waals surface area contributed by atoms with Crippen LogP contribution in [0, 0.1) is 12.8 Å². The molecule has 1 N–H and O–H groups in total. The number of para-hydroxylation sites is 1. The first-order chi connectivity index (χ1) is 13.4. The minimum atomic E-state index is -3.55. The van der Waals surface area contributed by atoms with Crippen LogP contribution in [-0.2, 0) is 10.0 Å². The molecular weight excluding hydrogens is 414 g/mol. The van der Waals surface area contributed by atoms with Crippen molar-refractivity contribution in [1.82, 2.24) is 9.71 Å². The highest BCUT2D eigenvalue weighted by Crippen LogP contribution is 2.31. The van der Waals surface area contributed by atoms with Crippen molar-refractivity contribution in [3.8, 4) is 0 Å². The van der Waals surface area contributed by atoms with Crippen LogP contribution in [0.25, 0.3) is 10.2 Å². The van der Waals surface area contributed by atoms with E-state index in [9.17, 15) is 8.42 Å². The highest BCUT2D eigenvalue weighted by Gasteiger charge is 2.24. The molecule has 3 aromatic rings. The van der Waals surface area contributed by atoms with Gasteiger partial charge >= 0.3 is 0 Å². The molecule has 0 atom stereocenters. The number of anilines is 1. The van der Waals surface area contributed by atoms with Gasteiger partial charge in [0.15, 0.2) is 5.13 Å². The Morgan fingerprint density at radius 1 is 1.21 bits per heavy atom. The molecular formula is C20H22ClN3O2S2. The lowest BCUT2D eigenvalue weighted by atomic mass is 9.97. The number of piperidine rings is 1. The molecule has 0 spiro atoms. The highest BCUT2D eigenvalue weighted by molar-refractivity contribution is 7.89. The normalized spacial score (nSPS) is 16.0. The Kier molecular flexibility index (Phi) is 5.60. The number of sulfonamides is 1. The van der Waals surface area contributed by atoms with Crippen LogP contribution in [0.2, 0.25) is 5.02 Å². The van der Waals surface area contributed by atoms with E-state index in [0.717, 1.165) is 36.6 Å². The van der Waals surface area contributed by atoms with Crippen LogP contribution in [0.1, 0.15) is 18.4 Å². The summed E-state index contributed by atoms with van der Waals surface area (Å²) in [7, 11) is -3.55. The van der Waals surface area contributed by atoms with Crippen molar-refractivity contribution in [2.45, 2.75) is 24.7 Å². The minimum absolute atomic E-state index is 0.256. The summed E-state index contributed by atoms with van der Waals surface area (Å²) < 4.78 is 29.3. The van der Waals surface area contributed by atoms with Gasteiger partial charge in [0, 0.05) is 24.7 Å². The smallest absolute Gasteiger partial charge is 0.240 e. The second-order valence-electron chi connectivity index (χ2n) is 7.16. The molecule has 0 bridgehead atoms. The number of thiazole rings is 1. The molecule has 148 valence electrons. The molecule has 2 heterocycles. The number of halogens is 1. The van der Waals surface area contributed by atoms with Crippen molar-refractivity contribution in [3.63, 3.8) is 0 Å². The van der Waals surface area contributed by atoms with Gasteiger partial charge in [-0.15, -0.1) is 0 Å². The zero-order valence-corrected chi connectivity index (χ0v) is 17.9. The molecule has 0 aliphatic carbocycles. The van der Waals surface area contributed by atoms with Crippen LogP contribution in [0.15, 0.2) is 47.4 Å². The molecule has 1 fully saturated rings. The molecule has 0 unspecified atom stereocenters. The lowest BCUT2D eigenvalue weighted by Crippen LogP contribution is -2.38. The van der Waals surface area contributed by atoms with Crippen LogP contribution in [0.4, 0.5) is 5.13 Å². The first-order valence-electron chi connectivity index (χ1n) is 9.29. The molecule has 1 aliphatic heterocycles. The first kappa shape index (κ1) is 19.6. The predicted octanol–water partition coefficient (Wildman–Crippen LogP) is 4.45. The van der Waals surface area contributed by atoms with E-state index in [2.05, 4.69) is 15.7 Å². The zero-order chi connectivity index (χ0) is 19.7. The van der Waals surface area contributed by atoms with E-state index in [0.29, 0.717) is 23.0 Å². The topological polar surface area (TPSA) is 62.3 Å². The Morgan fingerprint density at radius 3 is 2.71 bits per heavy atom. The number of nitrogens with zero attached hydrogens (tertiary/aromatic N) is 2. The number of aromatic nitrogens is 1. The average Bonchev–Trinajstić information content (AvgIpc) is 3.13. The Hall–Kier alpha value is -1.67. The zero-order valence-electron chi connectivity index (χ0n) is 15.6.